The molecule has 0 aliphatic heterocycles. The fraction of sp³-hybridized carbons (Fsp3) is 1.00. The number of likely N-dealkylation sites (N-methyl/N-ethyl adjacent to an activating group) is 3. The summed E-state index contributed by atoms with van der Waals surface area (Å²) in [4.78, 5) is 4.56. The smallest absolute Gasteiger partial charge is 0.0107 e. The Hall–Kier alpha value is -0.120. The fourth-order valence-corrected chi connectivity index (χ4v) is 0.929. The van der Waals surface area contributed by atoms with Crippen LogP contribution in [0.5, 0.6) is 0 Å². The van der Waals surface area contributed by atoms with Gasteiger partial charge in [-0.15, -0.1) is 0 Å². The van der Waals surface area contributed by atoms with Crippen molar-refractivity contribution in [2.75, 3.05) is 53.9 Å². The molecule has 0 aromatic carbocycles. The number of nitrogens with one attached hydrogen (secondary N) is 1. The van der Waals surface area contributed by atoms with E-state index in [4.69, 9.17) is 0 Å². The standard InChI is InChI=1S/C9H23N3/c1-5-10-6-7-12(4)9-8-11(2)3/h10H,5-9H2,1-4H3. The normalized spacial score (nSPS) is 11.5. The van der Waals surface area contributed by atoms with E-state index in [2.05, 4.69) is 43.2 Å². The van der Waals surface area contributed by atoms with Gasteiger partial charge in [0.1, 0.15) is 0 Å². The zero-order valence-corrected chi connectivity index (χ0v) is 8.93. The Morgan fingerprint density at radius 2 is 1.67 bits per heavy atom. The average Bonchev–Trinajstić information content (AvgIpc) is 2.01. The second-order valence-corrected chi connectivity index (χ2v) is 3.46. The van der Waals surface area contributed by atoms with Gasteiger partial charge in [-0.1, -0.05) is 6.92 Å². The SMILES string of the molecule is CCNCCN(C)CCN(C)C. The number of rotatable bonds is 7. The van der Waals surface area contributed by atoms with Crippen LogP contribution < -0.4 is 5.32 Å². The van der Waals surface area contributed by atoms with E-state index in [1.165, 1.54) is 0 Å². The van der Waals surface area contributed by atoms with Crippen molar-refractivity contribution < 1.29 is 0 Å². The topological polar surface area (TPSA) is 18.5 Å². The molecule has 3 heteroatoms. The average molecular weight is 173 g/mol. The molecule has 0 aliphatic carbocycles. The summed E-state index contributed by atoms with van der Waals surface area (Å²) in [7, 11) is 6.39. The van der Waals surface area contributed by atoms with Gasteiger partial charge in [-0.05, 0) is 27.7 Å². The molecule has 0 aromatic heterocycles. The number of nitrogens with zero attached hydrogens (tertiary/aromatic N) is 2. The van der Waals surface area contributed by atoms with Gasteiger partial charge in [0.2, 0.25) is 0 Å². The summed E-state index contributed by atoms with van der Waals surface area (Å²) >= 11 is 0. The highest BCUT2D eigenvalue weighted by Gasteiger charge is 1.97. The highest BCUT2D eigenvalue weighted by Crippen LogP contribution is 1.82. The van der Waals surface area contributed by atoms with Crippen LogP contribution in [-0.2, 0) is 0 Å². The van der Waals surface area contributed by atoms with Gasteiger partial charge >= 0.3 is 0 Å². The first-order chi connectivity index (χ1) is 5.66. The molecular weight excluding hydrogens is 150 g/mol. The van der Waals surface area contributed by atoms with Crippen LogP contribution in [0.3, 0.4) is 0 Å². The van der Waals surface area contributed by atoms with E-state index >= 15 is 0 Å². The molecule has 0 spiro atoms. The Morgan fingerprint density at radius 1 is 1.00 bits per heavy atom. The minimum Gasteiger partial charge on any atom is -0.316 e. The molecule has 3 nitrogen and oxygen atoms in total. The van der Waals surface area contributed by atoms with E-state index in [9.17, 15) is 0 Å². The molecule has 0 saturated carbocycles. The van der Waals surface area contributed by atoms with Gasteiger partial charge in [-0.2, -0.15) is 0 Å². The zero-order chi connectivity index (χ0) is 9.40. The Balaban J connectivity index is 3.15. The first kappa shape index (κ1) is 11.9. The van der Waals surface area contributed by atoms with Crippen molar-refractivity contribution in [3.8, 4) is 0 Å². The lowest BCUT2D eigenvalue weighted by atomic mass is 10.4. The molecule has 0 bridgehead atoms. The van der Waals surface area contributed by atoms with E-state index in [1.54, 1.807) is 0 Å². The molecule has 0 atom stereocenters. The molecule has 12 heavy (non-hydrogen) atoms. The lowest BCUT2D eigenvalue weighted by Crippen LogP contribution is -2.33. The molecule has 74 valence electrons. The Bertz CT molecular complexity index is 93.8. The lowest BCUT2D eigenvalue weighted by Gasteiger charge is -2.19. The summed E-state index contributed by atoms with van der Waals surface area (Å²) in [6.45, 7) is 7.74. The van der Waals surface area contributed by atoms with Gasteiger partial charge in [0.15, 0.2) is 0 Å². The monoisotopic (exact) mass is 173 g/mol. The number of hydrogen-bond donors (Lipinski definition) is 1. The molecule has 0 aliphatic rings. The van der Waals surface area contributed by atoms with Crippen molar-refractivity contribution in [3.63, 3.8) is 0 Å². The summed E-state index contributed by atoms with van der Waals surface area (Å²) in [5.41, 5.74) is 0. The summed E-state index contributed by atoms with van der Waals surface area (Å²) < 4.78 is 0. The van der Waals surface area contributed by atoms with Gasteiger partial charge < -0.3 is 15.1 Å². The van der Waals surface area contributed by atoms with Crippen molar-refractivity contribution in [3.05, 3.63) is 0 Å². The second kappa shape index (κ2) is 7.53. The molecule has 1 N–H and O–H groups in total. The third kappa shape index (κ3) is 7.98. The van der Waals surface area contributed by atoms with Gasteiger partial charge in [-0.3, -0.25) is 0 Å². The predicted octanol–water partition coefficient (Wildman–Crippen LogP) is 0.0893. The fourth-order valence-electron chi connectivity index (χ4n) is 0.929. The van der Waals surface area contributed by atoms with E-state index in [0.29, 0.717) is 0 Å². The van der Waals surface area contributed by atoms with E-state index in [0.717, 1.165) is 32.7 Å². The molecule has 0 heterocycles. The Kier molecular flexibility index (Phi) is 7.45. The predicted molar refractivity (Wildman–Crippen MR) is 54.6 cm³/mol. The lowest BCUT2D eigenvalue weighted by molar-refractivity contribution is 0.282. The highest BCUT2D eigenvalue weighted by molar-refractivity contribution is 4.55. The molecule has 0 amide bonds. The maximum Gasteiger partial charge on any atom is 0.0107 e. The summed E-state index contributed by atoms with van der Waals surface area (Å²) in [5, 5.41) is 3.31. The highest BCUT2D eigenvalue weighted by atomic mass is 15.2. The molecule has 0 fully saturated rings. The van der Waals surface area contributed by atoms with Crippen LogP contribution in [0.15, 0.2) is 0 Å². The second-order valence-electron chi connectivity index (χ2n) is 3.46. The third-order valence-electron chi connectivity index (χ3n) is 1.85. The van der Waals surface area contributed by atoms with Crippen LogP contribution in [0.2, 0.25) is 0 Å². The minimum absolute atomic E-state index is 1.07. The summed E-state index contributed by atoms with van der Waals surface area (Å²) in [5.74, 6) is 0. The van der Waals surface area contributed by atoms with Crippen molar-refractivity contribution in [1.82, 2.24) is 15.1 Å². The van der Waals surface area contributed by atoms with Gasteiger partial charge in [0.25, 0.3) is 0 Å². The number of hydrogen-bond acceptors (Lipinski definition) is 3. The first-order valence-electron chi connectivity index (χ1n) is 4.70. The first-order valence-corrected chi connectivity index (χ1v) is 4.70. The third-order valence-corrected chi connectivity index (χ3v) is 1.85. The maximum absolute atomic E-state index is 3.31. The van der Waals surface area contributed by atoms with Gasteiger partial charge in [0.05, 0.1) is 0 Å². The molecule has 0 unspecified atom stereocenters. The molecular formula is C9H23N3. The largest absolute Gasteiger partial charge is 0.316 e. The molecule has 0 radical (unpaired) electrons. The van der Waals surface area contributed by atoms with Gasteiger partial charge in [0, 0.05) is 26.2 Å². The van der Waals surface area contributed by atoms with Crippen LogP contribution >= 0.6 is 0 Å². The maximum atomic E-state index is 3.31. The van der Waals surface area contributed by atoms with Crippen LogP contribution in [0, 0.1) is 0 Å². The molecule has 0 saturated heterocycles. The van der Waals surface area contributed by atoms with Crippen molar-refractivity contribution in [2.24, 2.45) is 0 Å². The minimum atomic E-state index is 1.07. The van der Waals surface area contributed by atoms with Crippen LogP contribution in [0.4, 0.5) is 0 Å². The Labute approximate surface area is 76.7 Å². The van der Waals surface area contributed by atoms with E-state index in [-0.39, 0.29) is 0 Å². The quantitative estimate of drug-likeness (QED) is 0.550. The van der Waals surface area contributed by atoms with E-state index < -0.39 is 0 Å². The zero-order valence-electron chi connectivity index (χ0n) is 8.93. The summed E-state index contributed by atoms with van der Waals surface area (Å²) in [6, 6.07) is 0. The van der Waals surface area contributed by atoms with Gasteiger partial charge in [-0.25, -0.2) is 0 Å². The Morgan fingerprint density at radius 3 is 2.17 bits per heavy atom. The van der Waals surface area contributed by atoms with Crippen LogP contribution in [-0.4, -0.2) is 63.7 Å². The van der Waals surface area contributed by atoms with E-state index in [1.807, 2.05) is 0 Å². The van der Waals surface area contributed by atoms with Crippen molar-refractivity contribution in [2.45, 2.75) is 6.92 Å². The van der Waals surface area contributed by atoms with Crippen LogP contribution in [0.1, 0.15) is 6.92 Å². The van der Waals surface area contributed by atoms with Crippen LogP contribution in [0.25, 0.3) is 0 Å². The summed E-state index contributed by atoms with van der Waals surface area (Å²) in [6.07, 6.45) is 0. The van der Waals surface area contributed by atoms with Crippen molar-refractivity contribution in [1.29, 1.82) is 0 Å². The molecule has 0 aromatic rings. The molecule has 0 rings (SSSR count). The van der Waals surface area contributed by atoms with Crippen molar-refractivity contribution >= 4 is 0 Å².